The summed E-state index contributed by atoms with van der Waals surface area (Å²) in [7, 11) is 0. The Morgan fingerprint density at radius 1 is 1.19 bits per heavy atom. The van der Waals surface area contributed by atoms with Gasteiger partial charge in [0.1, 0.15) is 0 Å². The molecule has 6 heteroatoms. The normalized spacial score (nSPS) is 19.9. The van der Waals surface area contributed by atoms with Crippen molar-refractivity contribution in [2.45, 2.75) is 43.5 Å². The zero-order chi connectivity index (χ0) is 18.9. The maximum absolute atomic E-state index is 12.8. The predicted molar refractivity (Wildman–Crippen MR) is 106 cm³/mol. The largest absolute Gasteiger partial charge is 0.449 e. The molecule has 2 aromatic rings. The molecule has 2 aliphatic rings. The Balaban J connectivity index is 1.46. The average Bonchev–Trinajstić information content (AvgIpc) is 3.25. The lowest BCUT2D eigenvalue weighted by Gasteiger charge is -2.16. The average molecular weight is 385 g/mol. The third-order valence-electron chi connectivity index (χ3n) is 4.49. The molecule has 0 unspecified atom stereocenters. The van der Waals surface area contributed by atoms with Crippen LogP contribution in [-0.4, -0.2) is 30.2 Å². The Morgan fingerprint density at radius 2 is 2.00 bits per heavy atom. The van der Waals surface area contributed by atoms with E-state index in [1.54, 1.807) is 17.8 Å². The van der Waals surface area contributed by atoms with Crippen LogP contribution in [0, 0.1) is 0 Å². The van der Waals surface area contributed by atoms with Crippen molar-refractivity contribution in [3.8, 4) is 11.5 Å². The van der Waals surface area contributed by atoms with E-state index >= 15 is 0 Å². The van der Waals surface area contributed by atoms with Crippen LogP contribution in [0.1, 0.15) is 37.0 Å². The highest BCUT2D eigenvalue weighted by molar-refractivity contribution is 7.99. The molecule has 2 heterocycles. The summed E-state index contributed by atoms with van der Waals surface area (Å²) in [6.07, 6.45) is 2.49. The SMILES string of the molecule is CC1(C)Oc2ccc(NC(=O)c3ccccc3SC[C@H]3CCCO3)cc2O1. The van der Waals surface area contributed by atoms with Gasteiger partial charge in [-0.2, -0.15) is 0 Å². The number of benzene rings is 2. The maximum Gasteiger partial charge on any atom is 0.256 e. The minimum absolute atomic E-state index is 0.136. The van der Waals surface area contributed by atoms with E-state index in [-0.39, 0.29) is 12.0 Å². The van der Waals surface area contributed by atoms with Gasteiger partial charge >= 0.3 is 0 Å². The smallest absolute Gasteiger partial charge is 0.256 e. The zero-order valence-electron chi connectivity index (χ0n) is 15.5. The first-order chi connectivity index (χ1) is 13.0. The molecule has 0 bridgehead atoms. The van der Waals surface area contributed by atoms with Crippen molar-refractivity contribution in [2.75, 3.05) is 17.7 Å². The Bertz CT molecular complexity index is 846. The topological polar surface area (TPSA) is 56.8 Å². The number of rotatable bonds is 5. The van der Waals surface area contributed by atoms with Crippen LogP contribution in [-0.2, 0) is 4.74 Å². The van der Waals surface area contributed by atoms with Crippen LogP contribution in [0.5, 0.6) is 11.5 Å². The van der Waals surface area contributed by atoms with Gasteiger partial charge in [-0.3, -0.25) is 4.79 Å². The number of amides is 1. The molecule has 4 rings (SSSR count). The van der Waals surface area contributed by atoms with Gasteiger partial charge in [0.15, 0.2) is 11.5 Å². The number of carbonyl (C=O) groups is 1. The number of carbonyl (C=O) groups excluding carboxylic acids is 1. The van der Waals surface area contributed by atoms with E-state index in [1.165, 1.54) is 0 Å². The predicted octanol–water partition coefficient (Wildman–Crippen LogP) is 4.72. The van der Waals surface area contributed by atoms with Crippen molar-refractivity contribution in [3.05, 3.63) is 48.0 Å². The van der Waals surface area contributed by atoms with Crippen LogP contribution in [0.2, 0.25) is 0 Å². The number of anilines is 1. The number of thioether (sulfide) groups is 1. The summed E-state index contributed by atoms with van der Waals surface area (Å²) in [6.45, 7) is 4.55. The molecule has 27 heavy (non-hydrogen) atoms. The minimum atomic E-state index is -0.684. The molecule has 0 aliphatic carbocycles. The van der Waals surface area contributed by atoms with Gasteiger partial charge in [-0.25, -0.2) is 0 Å². The lowest BCUT2D eigenvalue weighted by atomic mass is 10.2. The van der Waals surface area contributed by atoms with Crippen molar-refractivity contribution in [3.63, 3.8) is 0 Å². The van der Waals surface area contributed by atoms with Gasteiger partial charge in [0.05, 0.1) is 11.7 Å². The highest BCUT2D eigenvalue weighted by atomic mass is 32.2. The molecular formula is C21H23NO4S. The fraction of sp³-hybridized carbons (Fsp3) is 0.381. The monoisotopic (exact) mass is 385 g/mol. The van der Waals surface area contributed by atoms with E-state index in [2.05, 4.69) is 5.32 Å². The molecule has 1 amide bonds. The molecule has 2 aromatic carbocycles. The van der Waals surface area contributed by atoms with Crippen molar-refractivity contribution < 1.29 is 19.0 Å². The molecule has 0 aromatic heterocycles. The molecule has 1 fully saturated rings. The Kier molecular flexibility index (Phi) is 5.02. The Morgan fingerprint density at radius 3 is 2.81 bits per heavy atom. The molecule has 0 radical (unpaired) electrons. The highest BCUT2D eigenvalue weighted by Crippen LogP contribution is 2.40. The number of fused-ring (bicyclic) bond motifs is 1. The quantitative estimate of drug-likeness (QED) is 0.755. The number of hydrogen-bond acceptors (Lipinski definition) is 5. The summed E-state index contributed by atoms with van der Waals surface area (Å²) in [5.74, 6) is 1.37. The lowest BCUT2D eigenvalue weighted by molar-refractivity contribution is -0.0431. The first-order valence-electron chi connectivity index (χ1n) is 9.17. The van der Waals surface area contributed by atoms with E-state index < -0.39 is 5.79 Å². The van der Waals surface area contributed by atoms with Gasteiger partial charge in [0.25, 0.3) is 5.91 Å². The third kappa shape index (κ3) is 4.22. The summed E-state index contributed by atoms with van der Waals surface area (Å²) >= 11 is 1.67. The van der Waals surface area contributed by atoms with Crippen LogP contribution < -0.4 is 14.8 Å². The van der Waals surface area contributed by atoms with E-state index in [1.807, 2.05) is 50.2 Å². The van der Waals surface area contributed by atoms with E-state index in [4.69, 9.17) is 14.2 Å². The summed E-state index contributed by atoms with van der Waals surface area (Å²) in [4.78, 5) is 13.8. The van der Waals surface area contributed by atoms with Crippen LogP contribution in [0.3, 0.4) is 0 Å². The summed E-state index contributed by atoms with van der Waals surface area (Å²) in [5.41, 5.74) is 1.34. The molecule has 1 saturated heterocycles. The van der Waals surface area contributed by atoms with Crippen molar-refractivity contribution in [2.24, 2.45) is 0 Å². The number of hydrogen-bond donors (Lipinski definition) is 1. The number of nitrogens with one attached hydrogen (secondary N) is 1. The van der Waals surface area contributed by atoms with Gasteiger partial charge in [-0.15, -0.1) is 11.8 Å². The molecule has 2 aliphatic heterocycles. The van der Waals surface area contributed by atoms with Crippen molar-refractivity contribution in [1.29, 1.82) is 0 Å². The molecule has 1 N–H and O–H groups in total. The van der Waals surface area contributed by atoms with E-state index in [0.717, 1.165) is 30.1 Å². The van der Waals surface area contributed by atoms with Gasteiger partial charge in [-0.05, 0) is 37.1 Å². The van der Waals surface area contributed by atoms with Gasteiger partial charge in [0, 0.05) is 42.9 Å². The number of ether oxygens (including phenoxy) is 3. The second kappa shape index (κ2) is 7.44. The standard InChI is InChI=1S/C21H23NO4S/c1-21(2)25-17-10-9-14(12-18(17)26-21)22-20(23)16-7-3-4-8-19(16)27-13-15-6-5-11-24-15/h3-4,7-10,12,15H,5-6,11,13H2,1-2H3,(H,22,23)/t15-/m1/s1. The van der Waals surface area contributed by atoms with Gasteiger partial charge in [0.2, 0.25) is 5.79 Å². The van der Waals surface area contributed by atoms with E-state index in [9.17, 15) is 4.79 Å². The molecule has 0 spiro atoms. The Labute approximate surface area is 163 Å². The maximum atomic E-state index is 12.8. The third-order valence-corrected chi connectivity index (χ3v) is 5.70. The van der Waals surface area contributed by atoms with Crippen LogP contribution in [0.15, 0.2) is 47.4 Å². The van der Waals surface area contributed by atoms with Crippen molar-refractivity contribution >= 4 is 23.4 Å². The minimum Gasteiger partial charge on any atom is -0.449 e. The fourth-order valence-corrected chi connectivity index (χ4v) is 4.36. The zero-order valence-corrected chi connectivity index (χ0v) is 16.3. The second-order valence-electron chi connectivity index (χ2n) is 7.16. The molecule has 142 valence electrons. The van der Waals surface area contributed by atoms with Crippen molar-refractivity contribution in [1.82, 2.24) is 0 Å². The highest BCUT2D eigenvalue weighted by Gasteiger charge is 2.31. The first kappa shape index (κ1) is 18.2. The summed E-state index contributed by atoms with van der Waals surface area (Å²) < 4.78 is 17.1. The van der Waals surface area contributed by atoms with Gasteiger partial charge in [-0.1, -0.05) is 12.1 Å². The first-order valence-corrected chi connectivity index (χ1v) is 10.2. The van der Waals surface area contributed by atoms with Crippen LogP contribution in [0.4, 0.5) is 5.69 Å². The summed E-state index contributed by atoms with van der Waals surface area (Å²) in [6, 6.07) is 13.1. The Hall–Kier alpha value is -2.18. The van der Waals surface area contributed by atoms with Crippen LogP contribution >= 0.6 is 11.8 Å². The molecule has 1 atom stereocenters. The molecule has 0 saturated carbocycles. The second-order valence-corrected chi connectivity index (χ2v) is 8.22. The summed E-state index contributed by atoms with van der Waals surface area (Å²) in [5, 5.41) is 2.96. The molecule has 5 nitrogen and oxygen atoms in total. The lowest BCUT2D eigenvalue weighted by Crippen LogP contribution is -2.29. The molecular weight excluding hydrogens is 362 g/mol. The van der Waals surface area contributed by atoms with Crippen LogP contribution in [0.25, 0.3) is 0 Å². The van der Waals surface area contributed by atoms with Gasteiger partial charge < -0.3 is 19.5 Å². The fourth-order valence-electron chi connectivity index (χ4n) is 3.24. The van der Waals surface area contributed by atoms with E-state index in [0.29, 0.717) is 22.7 Å².